The molecule has 0 bridgehead atoms. The molecule has 100 valence electrons. The summed E-state index contributed by atoms with van der Waals surface area (Å²) in [6.07, 6.45) is -0.0460. The lowest BCUT2D eigenvalue weighted by Gasteiger charge is -2.22. The van der Waals surface area contributed by atoms with Crippen molar-refractivity contribution < 1.29 is 19.2 Å². The van der Waals surface area contributed by atoms with Crippen LogP contribution in [0.4, 0.5) is 0 Å². The number of carboxylic acid groups (broad SMARTS) is 1. The number of carbonyl (C=O) groups is 2. The molecular formula is C12H18N2O4. The Morgan fingerprint density at radius 3 is 2.56 bits per heavy atom. The standard InChI is InChI=1S/C12H18N2O4/c1-8-5-9(13-18-8)7-14(4)10(15)6-12(2,3)11(16)17/h5H,6-7H2,1-4H3,(H,16,17). The smallest absolute Gasteiger partial charge is 0.309 e. The number of aliphatic carboxylic acids is 1. The number of aromatic nitrogens is 1. The maximum atomic E-state index is 11.9. The number of aryl methyl sites for hydroxylation is 1. The molecule has 1 amide bonds. The zero-order valence-electron chi connectivity index (χ0n) is 11.1. The Kier molecular flexibility index (Phi) is 4.11. The van der Waals surface area contributed by atoms with E-state index in [9.17, 15) is 9.59 Å². The Morgan fingerprint density at radius 2 is 2.11 bits per heavy atom. The molecule has 1 N–H and O–H groups in total. The molecule has 0 aromatic carbocycles. The van der Waals surface area contributed by atoms with Crippen molar-refractivity contribution in [2.45, 2.75) is 33.7 Å². The molecule has 0 fully saturated rings. The minimum atomic E-state index is -1.06. The maximum Gasteiger partial charge on any atom is 0.309 e. The number of amides is 1. The molecule has 18 heavy (non-hydrogen) atoms. The first-order valence-corrected chi connectivity index (χ1v) is 5.62. The first-order chi connectivity index (χ1) is 8.22. The average Bonchev–Trinajstić information content (AvgIpc) is 2.63. The summed E-state index contributed by atoms with van der Waals surface area (Å²) in [5.41, 5.74) is -0.415. The van der Waals surface area contributed by atoms with Crippen LogP contribution in [0.15, 0.2) is 10.6 Å². The summed E-state index contributed by atoms with van der Waals surface area (Å²) in [4.78, 5) is 24.3. The van der Waals surface area contributed by atoms with Crippen molar-refractivity contribution in [2.24, 2.45) is 5.41 Å². The molecule has 0 aliphatic rings. The van der Waals surface area contributed by atoms with Crippen LogP contribution in [-0.2, 0) is 16.1 Å². The predicted molar refractivity (Wildman–Crippen MR) is 63.7 cm³/mol. The van der Waals surface area contributed by atoms with Crippen LogP contribution >= 0.6 is 0 Å². The summed E-state index contributed by atoms with van der Waals surface area (Å²) in [7, 11) is 1.62. The van der Waals surface area contributed by atoms with Gasteiger partial charge >= 0.3 is 5.97 Å². The van der Waals surface area contributed by atoms with E-state index in [2.05, 4.69) is 5.16 Å². The van der Waals surface area contributed by atoms with E-state index >= 15 is 0 Å². The molecule has 1 aromatic heterocycles. The zero-order valence-corrected chi connectivity index (χ0v) is 11.1. The first kappa shape index (κ1) is 14.2. The molecule has 0 aliphatic carbocycles. The fraction of sp³-hybridized carbons (Fsp3) is 0.583. The van der Waals surface area contributed by atoms with E-state index in [1.807, 2.05) is 0 Å². The topological polar surface area (TPSA) is 83.6 Å². The van der Waals surface area contributed by atoms with Crippen LogP contribution in [0.2, 0.25) is 0 Å². The highest BCUT2D eigenvalue weighted by molar-refractivity contribution is 5.84. The molecule has 0 saturated carbocycles. The van der Waals surface area contributed by atoms with Gasteiger partial charge in [-0.05, 0) is 20.8 Å². The van der Waals surface area contributed by atoms with E-state index in [0.717, 1.165) is 0 Å². The minimum Gasteiger partial charge on any atom is -0.481 e. The Balaban J connectivity index is 2.59. The van der Waals surface area contributed by atoms with Crippen molar-refractivity contribution in [3.63, 3.8) is 0 Å². The fourth-order valence-corrected chi connectivity index (χ4v) is 1.41. The maximum absolute atomic E-state index is 11.9. The molecule has 0 radical (unpaired) electrons. The van der Waals surface area contributed by atoms with Crippen LogP contribution in [-0.4, -0.2) is 34.1 Å². The zero-order chi connectivity index (χ0) is 13.9. The minimum absolute atomic E-state index is 0.0460. The molecule has 6 nitrogen and oxygen atoms in total. The van der Waals surface area contributed by atoms with Crippen molar-refractivity contribution in [3.8, 4) is 0 Å². The van der Waals surface area contributed by atoms with Gasteiger partial charge in [0.1, 0.15) is 11.5 Å². The molecule has 0 spiro atoms. The number of rotatable bonds is 5. The second kappa shape index (κ2) is 5.20. The lowest BCUT2D eigenvalue weighted by atomic mass is 9.89. The number of hydrogen-bond acceptors (Lipinski definition) is 4. The van der Waals surface area contributed by atoms with Crippen LogP contribution in [0.5, 0.6) is 0 Å². The van der Waals surface area contributed by atoms with Crippen LogP contribution in [0.3, 0.4) is 0 Å². The quantitative estimate of drug-likeness (QED) is 0.859. The third-order valence-electron chi connectivity index (χ3n) is 2.67. The van der Waals surface area contributed by atoms with Crippen LogP contribution in [0, 0.1) is 12.3 Å². The SMILES string of the molecule is Cc1cc(CN(C)C(=O)CC(C)(C)C(=O)O)no1. The summed E-state index contributed by atoms with van der Waals surface area (Å²) < 4.78 is 4.90. The number of nitrogens with zero attached hydrogens (tertiary/aromatic N) is 2. The average molecular weight is 254 g/mol. The third kappa shape index (κ3) is 3.58. The van der Waals surface area contributed by atoms with E-state index < -0.39 is 11.4 Å². The Morgan fingerprint density at radius 1 is 1.50 bits per heavy atom. The normalized spacial score (nSPS) is 11.3. The lowest BCUT2D eigenvalue weighted by Crippen LogP contribution is -2.34. The molecule has 0 aliphatic heterocycles. The highest BCUT2D eigenvalue weighted by Gasteiger charge is 2.31. The molecule has 0 saturated heterocycles. The molecule has 1 heterocycles. The molecule has 6 heteroatoms. The van der Waals surface area contributed by atoms with Gasteiger partial charge in [-0.2, -0.15) is 0 Å². The number of carboxylic acids is 1. The molecule has 0 atom stereocenters. The largest absolute Gasteiger partial charge is 0.481 e. The van der Waals surface area contributed by atoms with E-state index in [-0.39, 0.29) is 12.3 Å². The third-order valence-corrected chi connectivity index (χ3v) is 2.67. The van der Waals surface area contributed by atoms with Gasteiger partial charge in [-0.1, -0.05) is 5.16 Å². The van der Waals surface area contributed by atoms with Crippen LogP contribution < -0.4 is 0 Å². The van der Waals surface area contributed by atoms with Gasteiger partial charge in [-0.3, -0.25) is 9.59 Å². The Labute approximate surface area is 106 Å². The van der Waals surface area contributed by atoms with Gasteiger partial charge in [0.2, 0.25) is 5.91 Å². The van der Waals surface area contributed by atoms with Crippen molar-refractivity contribution >= 4 is 11.9 Å². The number of hydrogen-bond donors (Lipinski definition) is 1. The van der Waals surface area contributed by atoms with E-state index in [4.69, 9.17) is 9.63 Å². The lowest BCUT2D eigenvalue weighted by molar-refractivity contribution is -0.151. The van der Waals surface area contributed by atoms with Gasteiger partial charge < -0.3 is 14.5 Å². The summed E-state index contributed by atoms with van der Waals surface area (Å²) in [5, 5.41) is 12.8. The van der Waals surface area contributed by atoms with Crippen molar-refractivity contribution in [1.82, 2.24) is 10.1 Å². The van der Waals surface area contributed by atoms with Crippen molar-refractivity contribution in [2.75, 3.05) is 7.05 Å². The molecule has 0 unspecified atom stereocenters. The monoisotopic (exact) mass is 254 g/mol. The van der Waals surface area contributed by atoms with E-state index in [0.29, 0.717) is 18.0 Å². The van der Waals surface area contributed by atoms with Crippen LogP contribution in [0.1, 0.15) is 31.7 Å². The van der Waals surface area contributed by atoms with Crippen LogP contribution in [0.25, 0.3) is 0 Å². The summed E-state index contributed by atoms with van der Waals surface area (Å²) in [6.45, 7) is 5.14. The van der Waals surface area contributed by atoms with Crippen molar-refractivity contribution in [3.05, 3.63) is 17.5 Å². The van der Waals surface area contributed by atoms with Gasteiger partial charge in [-0.15, -0.1) is 0 Å². The van der Waals surface area contributed by atoms with Gasteiger partial charge in [0.15, 0.2) is 0 Å². The van der Waals surface area contributed by atoms with Gasteiger partial charge in [0, 0.05) is 19.5 Å². The highest BCUT2D eigenvalue weighted by Crippen LogP contribution is 2.21. The van der Waals surface area contributed by atoms with E-state index in [1.54, 1.807) is 20.0 Å². The summed E-state index contributed by atoms with van der Waals surface area (Å²) in [6, 6.07) is 1.74. The van der Waals surface area contributed by atoms with Crippen molar-refractivity contribution in [1.29, 1.82) is 0 Å². The van der Waals surface area contributed by atoms with Gasteiger partial charge in [0.05, 0.1) is 12.0 Å². The summed E-state index contributed by atoms with van der Waals surface area (Å²) in [5.74, 6) is -0.540. The molecule has 1 aromatic rings. The highest BCUT2D eigenvalue weighted by atomic mass is 16.5. The Bertz CT molecular complexity index is 451. The summed E-state index contributed by atoms with van der Waals surface area (Å²) >= 11 is 0. The first-order valence-electron chi connectivity index (χ1n) is 5.62. The fourth-order valence-electron chi connectivity index (χ4n) is 1.41. The molecular weight excluding hydrogens is 236 g/mol. The number of carbonyl (C=O) groups excluding carboxylic acids is 1. The second-order valence-electron chi connectivity index (χ2n) is 5.04. The predicted octanol–water partition coefficient (Wildman–Crippen LogP) is 1.44. The Hall–Kier alpha value is -1.85. The second-order valence-corrected chi connectivity index (χ2v) is 5.04. The van der Waals surface area contributed by atoms with E-state index in [1.165, 1.54) is 18.7 Å². The van der Waals surface area contributed by atoms with Gasteiger partial charge in [-0.25, -0.2) is 0 Å². The van der Waals surface area contributed by atoms with Gasteiger partial charge in [0.25, 0.3) is 0 Å². The molecule has 1 rings (SSSR count).